The van der Waals surface area contributed by atoms with E-state index >= 15 is 0 Å². The van der Waals surface area contributed by atoms with Crippen molar-refractivity contribution in [3.63, 3.8) is 0 Å². The van der Waals surface area contributed by atoms with Crippen molar-refractivity contribution in [3.05, 3.63) is 59.7 Å². The van der Waals surface area contributed by atoms with Crippen molar-refractivity contribution in [2.24, 2.45) is 0 Å². The average molecular weight is 289 g/mol. The van der Waals surface area contributed by atoms with E-state index in [0.29, 0.717) is 0 Å². The molecule has 0 N–H and O–H groups in total. The highest BCUT2D eigenvalue weighted by atomic mass is 16.5. The minimum absolute atomic E-state index is 0.913. The first-order chi connectivity index (χ1) is 10.7. The highest BCUT2D eigenvalue weighted by Crippen LogP contribution is 2.39. The van der Waals surface area contributed by atoms with Crippen molar-refractivity contribution in [1.82, 2.24) is 4.40 Å². The Hall–Kier alpha value is -2.48. The number of ether oxygens (including phenoxy) is 1. The van der Waals surface area contributed by atoms with Gasteiger partial charge in [-0.15, -0.1) is 0 Å². The van der Waals surface area contributed by atoms with E-state index in [4.69, 9.17) is 4.74 Å². The molecule has 0 aliphatic heterocycles. The summed E-state index contributed by atoms with van der Waals surface area (Å²) in [6.07, 6.45) is 1.03. The van der Waals surface area contributed by atoms with Gasteiger partial charge in [0, 0.05) is 11.1 Å². The molecule has 0 bridgehead atoms. The number of benzene rings is 1. The first-order valence-corrected chi connectivity index (χ1v) is 7.74. The number of aryl methyl sites for hydroxylation is 2. The minimum Gasteiger partial charge on any atom is -0.497 e. The summed E-state index contributed by atoms with van der Waals surface area (Å²) in [5, 5.41) is 0. The van der Waals surface area contributed by atoms with E-state index in [1.807, 2.05) is 0 Å². The maximum absolute atomic E-state index is 5.35. The second kappa shape index (κ2) is 4.77. The van der Waals surface area contributed by atoms with Gasteiger partial charge in [0.2, 0.25) is 0 Å². The van der Waals surface area contributed by atoms with Crippen LogP contribution in [0.25, 0.3) is 27.7 Å². The molecule has 0 aliphatic rings. The fourth-order valence-corrected chi connectivity index (χ4v) is 3.58. The standard InChI is InChI=1S/C20H19NO/c1-4-16-18-7-5-6-14-8-11-19(21(14)18)20(16)17-10-9-15(22-3)12-13(17)2/h5-12H,4H2,1-3H3. The molecule has 0 saturated carbocycles. The zero-order valence-electron chi connectivity index (χ0n) is 13.2. The summed E-state index contributed by atoms with van der Waals surface area (Å²) in [4.78, 5) is 0. The Morgan fingerprint density at radius 2 is 1.86 bits per heavy atom. The molecule has 2 heteroatoms. The van der Waals surface area contributed by atoms with Gasteiger partial charge in [0.25, 0.3) is 0 Å². The molecule has 0 atom stereocenters. The fraction of sp³-hybridized carbons (Fsp3) is 0.200. The van der Waals surface area contributed by atoms with Crippen molar-refractivity contribution in [1.29, 1.82) is 0 Å². The lowest BCUT2D eigenvalue weighted by molar-refractivity contribution is 0.414. The van der Waals surface area contributed by atoms with E-state index in [2.05, 4.69) is 66.8 Å². The summed E-state index contributed by atoms with van der Waals surface area (Å²) in [7, 11) is 1.72. The third-order valence-corrected chi connectivity index (χ3v) is 4.60. The van der Waals surface area contributed by atoms with Crippen molar-refractivity contribution in [3.8, 4) is 16.9 Å². The molecule has 0 radical (unpaired) electrons. The van der Waals surface area contributed by atoms with Crippen LogP contribution in [0.15, 0.2) is 48.5 Å². The van der Waals surface area contributed by atoms with Crippen LogP contribution in [0.2, 0.25) is 0 Å². The van der Waals surface area contributed by atoms with E-state index in [9.17, 15) is 0 Å². The molecule has 1 aromatic carbocycles. The van der Waals surface area contributed by atoms with Crippen LogP contribution in [0.1, 0.15) is 18.1 Å². The molecule has 0 saturated heterocycles. The lowest BCUT2D eigenvalue weighted by Crippen LogP contribution is -1.89. The third kappa shape index (κ3) is 1.67. The molecule has 22 heavy (non-hydrogen) atoms. The van der Waals surface area contributed by atoms with E-state index in [1.54, 1.807) is 7.11 Å². The third-order valence-electron chi connectivity index (χ3n) is 4.60. The SMILES string of the molecule is CCc1c(-c2ccc(OC)cc2C)c2ccc3cccc1n32. The summed E-state index contributed by atoms with van der Waals surface area (Å²) in [6, 6.07) is 17.3. The van der Waals surface area contributed by atoms with Crippen LogP contribution >= 0.6 is 0 Å². The Balaban J connectivity index is 2.10. The zero-order chi connectivity index (χ0) is 15.3. The van der Waals surface area contributed by atoms with Crippen LogP contribution in [0.3, 0.4) is 0 Å². The Labute approximate surface area is 130 Å². The first kappa shape index (κ1) is 13.2. The van der Waals surface area contributed by atoms with Crippen molar-refractivity contribution >= 4 is 16.6 Å². The van der Waals surface area contributed by atoms with Crippen molar-refractivity contribution < 1.29 is 4.74 Å². The number of hydrogen-bond donors (Lipinski definition) is 0. The lowest BCUT2D eigenvalue weighted by atomic mass is 9.96. The van der Waals surface area contributed by atoms with Gasteiger partial charge in [-0.3, -0.25) is 0 Å². The van der Waals surface area contributed by atoms with Gasteiger partial charge in [0.05, 0.1) is 18.1 Å². The largest absolute Gasteiger partial charge is 0.497 e. The Bertz CT molecular complexity index is 965. The van der Waals surface area contributed by atoms with Crippen LogP contribution < -0.4 is 4.74 Å². The first-order valence-electron chi connectivity index (χ1n) is 7.74. The monoisotopic (exact) mass is 289 g/mol. The number of rotatable bonds is 3. The number of methoxy groups -OCH3 is 1. The molecule has 110 valence electrons. The van der Waals surface area contributed by atoms with Crippen LogP contribution in [0, 0.1) is 6.92 Å². The van der Waals surface area contributed by atoms with Gasteiger partial charge in [-0.1, -0.05) is 19.1 Å². The molecular formula is C20H19NO. The predicted octanol–water partition coefficient (Wildman–Crippen LogP) is 5.08. The molecule has 2 nitrogen and oxygen atoms in total. The van der Waals surface area contributed by atoms with Gasteiger partial charge >= 0.3 is 0 Å². The summed E-state index contributed by atoms with van der Waals surface area (Å²) in [6.45, 7) is 4.39. The van der Waals surface area contributed by atoms with E-state index in [-0.39, 0.29) is 0 Å². The molecule has 0 aliphatic carbocycles. The Morgan fingerprint density at radius 1 is 1.00 bits per heavy atom. The van der Waals surface area contributed by atoms with Gasteiger partial charge < -0.3 is 9.14 Å². The molecule has 4 aromatic rings. The van der Waals surface area contributed by atoms with Crippen LogP contribution in [-0.2, 0) is 6.42 Å². The minimum atomic E-state index is 0.913. The maximum Gasteiger partial charge on any atom is 0.119 e. The van der Waals surface area contributed by atoms with Gasteiger partial charge in [0.15, 0.2) is 0 Å². The maximum atomic E-state index is 5.35. The normalized spacial score (nSPS) is 11.6. The predicted molar refractivity (Wildman–Crippen MR) is 92.2 cm³/mol. The fourth-order valence-electron chi connectivity index (χ4n) is 3.58. The number of aromatic nitrogens is 1. The number of pyridine rings is 1. The Morgan fingerprint density at radius 3 is 2.59 bits per heavy atom. The molecule has 0 amide bonds. The molecular weight excluding hydrogens is 270 g/mol. The van der Waals surface area contributed by atoms with Gasteiger partial charge in [-0.2, -0.15) is 0 Å². The summed E-state index contributed by atoms with van der Waals surface area (Å²) >= 11 is 0. The smallest absolute Gasteiger partial charge is 0.119 e. The van der Waals surface area contributed by atoms with Crippen molar-refractivity contribution in [2.75, 3.05) is 7.11 Å². The highest BCUT2D eigenvalue weighted by molar-refractivity contribution is 5.95. The van der Waals surface area contributed by atoms with Gasteiger partial charge in [0.1, 0.15) is 5.75 Å². The quantitative estimate of drug-likeness (QED) is 0.513. The molecule has 0 unspecified atom stereocenters. The topological polar surface area (TPSA) is 13.6 Å². The summed E-state index contributed by atoms with van der Waals surface area (Å²) in [5.74, 6) is 0.913. The highest BCUT2D eigenvalue weighted by Gasteiger charge is 2.18. The van der Waals surface area contributed by atoms with E-state index < -0.39 is 0 Å². The second-order valence-corrected chi connectivity index (χ2v) is 5.78. The average Bonchev–Trinajstić information content (AvgIpc) is 3.10. The molecule has 0 spiro atoms. The summed E-state index contributed by atoms with van der Waals surface area (Å²) in [5.41, 5.74) is 9.23. The van der Waals surface area contributed by atoms with Gasteiger partial charge in [-0.05, 0) is 66.4 Å². The Kier molecular flexibility index (Phi) is 2.86. The molecule has 3 aromatic heterocycles. The lowest BCUT2D eigenvalue weighted by Gasteiger charge is -2.09. The number of nitrogens with zero attached hydrogens (tertiary/aromatic N) is 1. The van der Waals surface area contributed by atoms with Crippen LogP contribution in [-0.4, -0.2) is 11.5 Å². The van der Waals surface area contributed by atoms with E-state index in [0.717, 1.165) is 12.2 Å². The van der Waals surface area contributed by atoms with Crippen LogP contribution in [0.4, 0.5) is 0 Å². The van der Waals surface area contributed by atoms with Crippen LogP contribution in [0.5, 0.6) is 5.75 Å². The molecule has 3 heterocycles. The number of hydrogen-bond acceptors (Lipinski definition) is 1. The van der Waals surface area contributed by atoms with Gasteiger partial charge in [-0.25, -0.2) is 0 Å². The molecule has 0 fully saturated rings. The second-order valence-electron chi connectivity index (χ2n) is 5.78. The van der Waals surface area contributed by atoms with Crippen molar-refractivity contribution in [2.45, 2.75) is 20.3 Å². The summed E-state index contributed by atoms with van der Waals surface area (Å²) < 4.78 is 7.72. The van der Waals surface area contributed by atoms with E-state index in [1.165, 1.54) is 38.8 Å². The molecule has 4 rings (SSSR count). The zero-order valence-corrected chi connectivity index (χ0v) is 13.2.